The Morgan fingerprint density at radius 1 is 1.39 bits per heavy atom. The summed E-state index contributed by atoms with van der Waals surface area (Å²) in [5, 5.41) is 3.34. The van der Waals surface area contributed by atoms with Crippen molar-refractivity contribution in [3.8, 4) is 0 Å². The molecule has 3 rings (SSSR count). The number of rotatable bonds is 2. The minimum atomic E-state index is 0.0717. The second-order valence-electron chi connectivity index (χ2n) is 6.19. The van der Waals surface area contributed by atoms with Crippen molar-refractivity contribution >= 4 is 11.3 Å². The van der Waals surface area contributed by atoms with Gasteiger partial charge in [0.2, 0.25) is 0 Å². The lowest BCUT2D eigenvalue weighted by Crippen LogP contribution is -2.60. The summed E-state index contributed by atoms with van der Waals surface area (Å²) in [6.07, 6.45) is 4.68. The van der Waals surface area contributed by atoms with E-state index in [1.807, 2.05) is 6.20 Å². The average Bonchev–Trinajstić information content (AvgIpc) is 2.98. The van der Waals surface area contributed by atoms with Gasteiger partial charge in [-0.25, -0.2) is 4.98 Å². The van der Waals surface area contributed by atoms with Gasteiger partial charge in [0.25, 0.3) is 0 Å². The van der Waals surface area contributed by atoms with Crippen LogP contribution in [0.2, 0.25) is 0 Å². The maximum absolute atomic E-state index is 4.55. The third-order valence-corrected chi connectivity index (χ3v) is 5.70. The smallest absolute Gasteiger partial charge is 0.112 e. The van der Waals surface area contributed by atoms with Crippen LogP contribution >= 0.6 is 11.3 Å². The Kier molecular flexibility index (Phi) is 3.20. The zero-order chi connectivity index (χ0) is 12.8. The molecular weight excluding hydrogens is 242 g/mol. The molecular formula is C14H23N3S. The molecule has 0 saturated carbocycles. The Balaban J connectivity index is 1.82. The maximum Gasteiger partial charge on any atom is 0.112 e. The van der Waals surface area contributed by atoms with Crippen molar-refractivity contribution in [1.29, 1.82) is 0 Å². The number of thiazole rings is 1. The largest absolute Gasteiger partial charge is 0.298 e. The molecule has 0 N–H and O–H groups in total. The molecule has 100 valence electrons. The summed E-state index contributed by atoms with van der Waals surface area (Å²) >= 11 is 1.78. The predicted octanol–water partition coefficient (Wildman–Crippen LogP) is 2.55. The molecule has 2 saturated heterocycles. The Morgan fingerprint density at radius 2 is 2.22 bits per heavy atom. The van der Waals surface area contributed by atoms with E-state index in [1.54, 1.807) is 11.3 Å². The van der Waals surface area contributed by atoms with Crippen molar-refractivity contribution in [3.05, 3.63) is 16.6 Å². The van der Waals surface area contributed by atoms with E-state index in [0.29, 0.717) is 6.04 Å². The molecule has 0 bridgehead atoms. The van der Waals surface area contributed by atoms with Crippen molar-refractivity contribution in [1.82, 2.24) is 14.8 Å². The molecule has 4 heteroatoms. The Labute approximate surface area is 114 Å². The molecule has 2 unspecified atom stereocenters. The first-order chi connectivity index (χ1) is 8.59. The lowest BCUT2D eigenvalue weighted by Gasteiger charge is -2.49. The van der Waals surface area contributed by atoms with E-state index < -0.39 is 0 Å². The number of hydrogen-bond donors (Lipinski definition) is 0. The zero-order valence-corrected chi connectivity index (χ0v) is 12.4. The maximum atomic E-state index is 4.55. The molecule has 2 fully saturated rings. The van der Waals surface area contributed by atoms with Crippen LogP contribution in [-0.4, -0.2) is 46.5 Å². The van der Waals surface area contributed by atoms with Crippen LogP contribution in [0.5, 0.6) is 0 Å². The lowest BCUT2D eigenvalue weighted by atomic mass is 9.97. The van der Waals surface area contributed by atoms with Crippen LogP contribution in [0.4, 0.5) is 0 Å². The van der Waals surface area contributed by atoms with Gasteiger partial charge in [-0.2, -0.15) is 0 Å². The van der Waals surface area contributed by atoms with Crippen molar-refractivity contribution in [2.45, 2.75) is 51.2 Å². The van der Waals surface area contributed by atoms with Crippen LogP contribution in [0, 0.1) is 0 Å². The fraction of sp³-hybridized carbons (Fsp3) is 0.786. The van der Waals surface area contributed by atoms with E-state index in [4.69, 9.17) is 0 Å². The van der Waals surface area contributed by atoms with E-state index >= 15 is 0 Å². The number of nitrogens with zero attached hydrogens (tertiary/aromatic N) is 3. The van der Waals surface area contributed by atoms with Gasteiger partial charge in [0.05, 0.1) is 5.54 Å². The second kappa shape index (κ2) is 4.58. The molecule has 2 aliphatic rings. The highest BCUT2D eigenvalue weighted by molar-refractivity contribution is 7.09. The summed E-state index contributed by atoms with van der Waals surface area (Å²) in [5.41, 5.74) is 0.0717. The summed E-state index contributed by atoms with van der Waals surface area (Å²) in [4.78, 5) is 9.89. The van der Waals surface area contributed by atoms with Crippen LogP contribution in [0.15, 0.2) is 11.6 Å². The number of piperazine rings is 1. The van der Waals surface area contributed by atoms with E-state index in [2.05, 4.69) is 40.9 Å². The number of aromatic nitrogens is 1. The van der Waals surface area contributed by atoms with Crippen LogP contribution in [-0.2, 0) is 5.54 Å². The Bertz CT molecular complexity index is 401. The highest BCUT2D eigenvalue weighted by Crippen LogP contribution is 2.35. The van der Waals surface area contributed by atoms with Gasteiger partial charge in [-0.05, 0) is 40.2 Å². The monoisotopic (exact) mass is 265 g/mol. The van der Waals surface area contributed by atoms with Crippen molar-refractivity contribution in [2.75, 3.05) is 19.6 Å². The molecule has 1 aromatic heterocycles. The fourth-order valence-electron chi connectivity index (χ4n) is 3.61. The van der Waals surface area contributed by atoms with E-state index in [1.165, 1.54) is 37.5 Å². The summed E-state index contributed by atoms with van der Waals surface area (Å²) in [7, 11) is 0. The van der Waals surface area contributed by atoms with Gasteiger partial charge in [-0.15, -0.1) is 11.3 Å². The van der Waals surface area contributed by atoms with Crippen LogP contribution in [0.25, 0.3) is 0 Å². The first-order valence-corrected chi connectivity index (χ1v) is 7.88. The minimum absolute atomic E-state index is 0.0717. The van der Waals surface area contributed by atoms with Crippen molar-refractivity contribution in [3.63, 3.8) is 0 Å². The van der Waals surface area contributed by atoms with E-state index in [0.717, 1.165) is 6.04 Å². The molecule has 2 aliphatic heterocycles. The van der Waals surface area contributed by atoms with Gasteiger partial charge in [-0.1, -0.05) is 0 Å². The van der Waals surface area contributed by atoms with Crippen molar-refractivity contribution in [2.24, 2.45) is 0 Å². The SMILES string of the molecule is CC1CN2CCCC2CN1C(C)(C)c1nccs1. The lowest BCUT2D eigenvalue weighted by molar-refractivity contribution is -0.0107. The highest BCUT2D eigenvalue weighted by atomic mass is 32.1. The standard InChI is InChI=1S/C14H23N3S/c1-11-9-16-7-4-5-12(16)10-17(11)14(2,3)13-15-6-8-18-13/h6,8,11-12H,4-5,7,9-10H2,1-3H3. The van der Waals surface area contributed by atoms with Crippen molar-refractivity contribution < 1.29 is 0 Å². The fourth-order valence-corrected chi connectivity index (χ4v) is 4.39. The second-order valence-corrected chi connectivity index (χ2v) is 7.08. The minimum Gasteiger partial charge on any atom is -0.298 e. The van der Waals surface area contributed by atoms with Gasteiger partial charge in [0, 0.05) is 36.8 Å². The topological polar surface area (TPSA) is 19.4 Å². The summed E-state index contributed by atoms with van der Waals surface area (Å²) in [6, 6.07) is 1.40. The van der Waals surface area contributed by atoms with E-state index in [9.17, 15) is 0 Å². The summed E-state index contributed by atoms with van der Waals surface area (Å²) in [5.74, 6) is 0. The van der Waals surface area contributed by atoms with E-state index in [-0.39, 0.29) is 5.54 Å². The molecule has 3 heterocycles. The molecule has 2 atom stereocenters. The van der Waals surface area contributed by atoms with Gasteiger partial charge < -0.3 is 0 Å². The Hall–Kier alpha value is -0.450. The first-order valence-electron chi connectivity index (χ1n) is 7.00. The quantitative estimate of drug-likeness (QED) is 0.819. The molecule has 1 aromatic rings. The summed E-state index contributed by atoms with van der Waals surface area (Å²) in [6.45, 7) is 10.7. The third kappa shape index (κ3) is 2.00. The Morgan fingerprint density at radius 3 is 2.94 bits per heavy atom. The molecule has 0 radical (unpaired) electrons. The normalized spacial score (nSPS) is 30.6. The molecule has 0 aliphatic carbocycles. The van der Waals surface area contributed by atoms with Gasteiger partial charge in [0.1, 0.15) is 5.01 Å². The molecule has 0 amide bonds. The van der Waals surface area contributed by atoms with Crippen LogP contribution in [0.3, 0.4) is 0 Å². The van der Waals surface area contributed by atoms with Gasteiger partial charge >= 0.3 is 0 Å². The average molecular weight is 265 g/mol. The first kappa shape index (κ1) is 12.6. The third-order valence-electron chi connectivity index (χ3n) is 4.61. The zero-order valence-electron chi connectivity index (χ0n) is 11.6. The van der Waals surface area contributed by atoms with Gasteiger partial charge in [0.15, 0.2) is 0 Å². The summed E-state index contributed by atoms with van der Waals surface area (Å²) < 4.78 is 0. The van der Waals surface area contributed by atoms with Crippen LogP contribution < -0.4 is 0 Å². The van der Waals surface area contributed by atoms with Gasteiger partial charge in [-0.3, -0.25) is 9.80 Å². The van der Waals surface area contributed by atoms with Crippen LogP contribution in [0.1, 0.15) is 38.6 Å². The number of fused-ring (bicyclic) bond motifs is 1. The molecule has 0 aromatic carbocycles. The number of hydrogen-bond acceptors (Lipinski definition) is 4. The predicted molar refractivity (Wildman–Crippen MR) is 75.9 cm³/mol. The molecule has 18 heavy (non-hydrogen) atoms. The molecule has 0 spiro atoms. The molecule has 3 nitrogen and oxygen atoms in total. The highest BCUT2D eigenvalue weighted by Gasteiger charge is 2.42.